The molecule has 1 aliphatic carbocycles. The maximum Gasteiger partial charge on any atom is 0.269 e. The van der Waals surface area contributed by atoms with Gasteiger partial charge in [0.15, 0.2) is 0 Å². The molecule has 0 aromatic heterocycles. The fraction of sp³-hybridized carbons (Fsp3) is 0.241. The van der Waals surface area contributed by atoms with Crippen LogP contribution >= 0.6 is 0 Å². The molecule has 2 heterocycles. The maximum absolute atomic E-state index is 14.4. The SMILES string of the molecule is CC1=NN(c2ccc(C)cc2)C(=O)[C@]12C(c1cccc([N+](=O)[O-])c1)[C@]21C(=O)N(c2ccc(C)cc2)N=C1C. The molecule has 2 atom stereocenters. The molecule has 190 valence electrons. The number of carbonyl (C=O) groups is 2. The van der Waals surface area contributed by atoms with Crippen LogP contribution in [0.15, 0.2) is 83.0 Å². The molecule has 2 aliphatic heterocycles. The van der Waals surface area contributed by atoms with Crippen LogP contribution in [-0.4, -0.2) is 28.2 Å². The molecule has 3 aliphatic rings. The predicted molar refractivity (Wildman–Crippen MR) is 144 cm³/mol. The third-order valence-electron chi connectivity index (χ3n) is 8.08. The topological polar surface area (TPSA) is 108 Å². The van der Waals surface area contributed by atoms with E-state index >= 15 is 0 Å². The van der Waals surface area contributed by atoms with E-state index in [2.05, 4.69) is 10.2 Å². The van der Waals surface area contributed by atoms with Gasteiger partial charge in [0.1, 0.15) is 10.8 Å². The predicted octanol–water partition coefficient (Wildman–Crippen LogP) is 5.13. The van der Waals surface area contributed by atoms with Crippen LogP contribution in [0.1, 0.15) is 36.5 Å². The van der Waals surface area contributed by atoms with Gasteiger partial charge in [0, 0.05) is 18.1 Å². The lowest BCUT2D eigenvalue weighted by atomic mass is 9.85. The number of benzene rings is 3. The summed E-state index contributed by atoms with van der Waals surface area (Å²) in [5.74, 6) is -1.39. The molecular formula is C29H25N5O4. The zero-order valence-corrected chi connectivity index (χ0v) is 21.4. The van der Waals surface area contributed by atoms with Crippen LogP contribution in [0.3, 0.4) is 0 Å². The van der Waals surface area contributed by atoms with E-state index in [1.807, 2.05) is 62.4 Å². The summed E-state index contributed by atoms with van der Waals surface area (Å²) >= 11 is 0. The Morgan fingerprint density at radius 3 is 1.61 bits per heavy atom. The van der Waals surface area contributed by atoms with E-state index in [0.29, 0.717) is 28.4 Å². The van der Waals surface area contributed by atoms with Crippen LogP contribution in [-0.2, 0) is 9.59 Å². The van der Waals surface area contributed by atoms with Gasteiger partial charge in [-0.1, -0.05) is 47.5 Å². The fourth-order valence-corrected chi connectivity index (χ4v) is 6.28. The van der Waals surface area contributed by atoms with Gasteiger partial charge in [-0.3, -0.25) is 19.7 Å². The standard InChI is InChI=1S/C29H25N5O4/c1-17-8-12-22(13-9-17)32-26(35)28(19(3)30-32)25(21-6-5-7-24(16-21)34(37)38)29(28)20(4)31-33(27(29)36)23-14-10-18(2)11-15-23/h5-16,25H,1-4H3/t28-,29-/m1/s1. The monoisotopic (exact) mass is 507 g/mol. The average molecular weight is 508 g/mol. The number of aryl methyl sites for hydroxylation is 2. The molecular weight excluding hydrogens is 482 g/mol. The molecule has 1 fully saturated rings. The maximum atomic E-state index is 14.4. The van der Waals surface area contributed by atoms with Crippen molar-refractivity contribution in [1.82, 2.24) is 0 Å². The highest BCUT2D eigenvalue weighted by molar-refractivity contribution is 6.37. The van der Waals surface area contributed by atoms with Crippen molar-refractivity contribution in [3.05, 3.63) is 99.6 Å². The van der Waals surface area contributed by atoms with Crippen LogP contribution in [0.5, 0.6) is 0 Å². The smallest absolute Gasteiger partial charge is 0.269 e. The van der Waals surface area contributed by atoms with Crippen molar-refractivity contribution >= 4 is 40.3 Å². The summed E-state index contributed by atoms with van der Waals surface area (Å²) in [6.45, 7) is 7.41. The van der Waals surface area contributed by atoms with E-state index in [1.54, 1.807) is 26.0 Å². The Kier molecular flexibility index (Phi) is 4.94. The number of hydrogen-bond acceptors (Lipinski definition) is 6. The van der Waals surface area contributed by atoms with Crippen LogP contribution in [0.2, 0.25) is 0 Å². The first-order valence-corrected chi connectivity index (χ1v) is 12.3. The van der Waals surface area contributed by atoms with E-state index < -0.39 is 21.7 Å². The summed E-state index contributed by atoms with van der Waals surface area (Å²) in [6, 6.07) is 21.0. The lowest BCUT2D eigenvalue weighted by molar-refractivity contribution is -0.384. The van der Waals surface area contributed by atoms with Gasteiger partial charge >= 0.3 is 0 Å². The summed E-state index contributed by atoms with van der Waals surface area (Å²) < 4.78 is 0. The van der Waals surface area contributed by atoms with E-state index in [9.17, 15) is 19.7 Å². The Hall–Kier alpha value is -4.66. The van der Waals surface area contributed by atoms with Crippen LogP contribution in [0.4, 0.5) is 17.1 Å². The molecule has 6 rings (SSSR count). The molecule has 3 aromatic rings. The van der Waals surface area contributed by atoms with Crippen molar-refractivity contribution in [3.8, 4) is 0 Å². The molecule has 0 radical (unpaired) electrons. The number of anilines is 2. The van der Waals surface area contributed by atoms with Gasteiger partial charge in [0.2, 0.25) is 0 Å². The fourth-order valence-electron chi connectivity index (χ4n) is 6.28. The first-order valence-electron chi connectivity index (χ1n) is 12.3. The molecule has 9 heteroatoms. The molecule has 2 amide bonds. The van der Waals surface area contributed by atoms with Gasteiger partial charge in [-0.2, -0.15) is 20.2 Å². The minimum atomic E-state index is -1.35. The molecule has 0 N–H and O–H groups in total. The number of nitrogens with zero attached hydrogens (tertiary/aromatic N) is 5. The molecule has 2 spiro atoms. The minimum absolute atomic E-state index is 0.106. The molecule has 1 saturated carbocycles. The minimum Gasteiger partial charge on any atom is -0.271 e. The third kappa shape index (κ3) is 2.87. The van der Waals surface area contributed by atoms with Crippen molar-refractivity contribution in [2.45, 2.75) is 33.6 Å². The summed E-state index contributed by atoms with van der Waals surface area (Å²) in [5, 5.41) is 23.6. The highest BCUT2D eigenvalue weighted by Crippen LogP contribution is 2.79. The Bertz CT molecular complexity index is 1500. The van der Waals surface area contributed by atoms with E-state index in [4.69, 9.17) is 0 Å². The van der Waals surface area contributed by atoms with Gasteiger partial charge in [-0.15, -0.1) is 0 Å². The number of rotatable bonds is 4. The van der Waals surface area contributed by atoms with Crippen LogP contribution in [0, 0.1) is 34.8 Å². The van der Waals surface area contributed by atoms with Crippen LogP contribution < -0.4 is 10.0 Å². The summed E-state index contributed by atoms with van der Waals surface area (Å²) in [6.07, 6.45) is 0. The zero-order valence-electron chi connectivity index (χ0n) is 21.4. The molecule has 0 saturated heterocycles. The Morgan fingerprint density at radius 2 is 1.18 bits per heavy atom. The molecule has 3 aromatic carbocycles. The van der Waals surface area contributed by atoms with Crippen molar-refractivity contribution < 1.29 is 14.5 Å². The van der Waals surface area contributed by atoms with Gasteiger partial charge in [-0.25, -0.2) is 0 Å². The highest BCUT2D eigenvalue weighted by Gasteiger charge is 2.91. The number of nitro groups is 1. The Morgan fingerprint density at radius 1 is 0.737 bits per heavy atom. The van der Waals surface area contributed by atoms with Crippen molar-refractivity contribution in [2.75, 3.05) is 10.0 Å². The second-order valence-corrected chi connectivity index (χ2v) is 10.2. The Balaban J connectivity index is 1.53. The number of hydrazone groups is 2. The molecule has 9 nitrogen and oxygen atoms in total. The molecule has 0 unspecified atom stereocenters. The number of carbonyl (C=O) groups excluding carboxylic acids is 2. The zero-order chi connectivity index (χ0) is 27.0. The largest absolute Gasteiger partial charge is 0.271 e. The van der Waals surface area contributed by atoms with Gasteiger partial charge in [0.25, 0.3) is 17.5 Å². The van der Waals surface area contributed by atoms with Gasteiger partial charge in [0.05, 0.1) is 27.7 Å². The van der Waals surface area contributed by atoms with Gasteiger partial charge in [-0.05, 0) is 57.5 Å². The summed E-state index contributed by atoms with van der Waals surface area (Å²) in [7, 11) is 0. The average Bonchev–Trinajstić information content (AvgIpc) is 3.39. The Labute approximate surface area is 219 Å². The number of hydrogen-bond donors (Lipinski definition) is 0. The molecule has 38 heavy (non-hydrogen) atoms. The lowest BCUT2D eigenvalue weighted by Gasteiger charge is -2.19. The first kappa shape index (κ1) is 23.7. The van der Waals surface area contributed by atoms with E-state index in [-0.39, 0.29) is 17.5 Å². The quantitative estimate of drug-likeness (QED) is 0.360. The number of fused-ring (bicyclic) bond motifs is 1. The lowest BCUT2D eigenvalue weighted by Crippen LogP contribution is -2.40. The highest BCUT2D eigenvalue weighted by atomic mass is 16.6. The van der Waals surface area contributed by atoms with Crippen molar-refractivity contribution in [3.63, 3.8) is 0 Å². The van der Waals surface area contributed by atoms with Crippen molar-refractivity contribution in [1.29, 1.82) is 0 Å². The number of nitro benzene ring substituents is 1. The summed E-state index contributed by atoms with van der Waals surface area (Å²) in [5.41, 5.74) is 1.94. The summed E-state index contributed by atoms with van der Waals surface area (Å²) in [4.78, 5) is 39.9. The second-order valence-electron chi connectivity index (χ2n) is 10.2. The van der Waals surface area contributed by atoms with Gasteiger partial charge < -0.3 is 0 Å². The third-order valence-corrected chi connectivity index (χ3v) is 8.08. The normalized spacial score (nSPS) is 25.8. The molecule has 0 bridgehead atoms. The second kappa shape index (κ2) is 7.92. The van der Waals surface area contributed by atoms with E-state index in [1.165, 1.54) is 22.2 Å². The van der Waals surface area contributed by atoms with E-state index in [0.717, 1.165) is 11.1 Å². The van der Waals surface area contributed by atoms with Crippen molar-refractivity contribution in [2.24, 2.45) is 21.0 Å². The number of amides is 2. The number of non-ortho nitro benzene ring substituents is 1. The van der Waals surface area contributed by atoms with Crippen LogP contribution in [0.25, 0.3) is 0 Å². The first-order chi connectivity index (χ1) is 18.1.